The van der Waals surface area contributed by atoms with Crippen LogP contribution in [-0.2, 0) is 6.18 Å². The molecule has 3 aromatic carbocycles. The summed E-state index contributed by atoms with van der Waals surface area (Å²) in [5.41, 5.74) is -0.516. The van der Waals surface area contributed by atoms with Crippen LogP contribution in [0.2, 0.25) is 0 Å². The lowest BCUT2D eigenvalue weighted by Gasteiger charge is -2.11. The van der Waals surface area contributed by atoms with Crippen molar-refractivity contribution in [3.8, 4) is 11.6 Å². The van der Waals surface area contributed by atoms with Crippen molar-refractivity contribution in [3.05, 3.63) is 84.6 Å². The molecule has 4 aromatic rings. The Morgan fingerprint density at radius 1 is 0.857 bits per heavy atom. The van der Waals surface area contributed by atoms with Gasteiger partial charge in [0.05, 0.1) is 5.56 Å². The minimum absolute atomic E-state index is 0.136. The van der Waals surface area contributed by atoms with Crippen molar-refractivity contribution in [1.82, 2.24) is 9.97 Å². The van der Waals surface area contributed by atoms with Crippen LogP contribution in [0, 0.1) is 0 Å². The van der Waals surface area contributed by atoms with Gasteiger partial charge in [0, 0.05) is 23.3 Å². The molecule has 1 N–H and O–H groups in total. The molecule has 0 atom stereocenters. The molecule has 0 fully saturated rings. The Morgan fingerprint density at radius 2 is 1.64 bits per heavy atom. The Bertz CT molecular complexity index is 1120. The van der Waals surface area contributed by atoms with Crippen molar-refractivity contribution in [2.24, 2.45) is 0 Å². The largest absolute Gasteiger partial charge is 0.438 e. The number of halogens is 3. The lowest BCUT2D eigenvalue weighted by molar-refractivity contribution is -0.137. The molecule has 0 unspecified atom stereocenters. The van der Waals surface area contributed by atoms with Crippen molar-refractivity contribution in [1.29, 1.82) is 0 Å². The molecule has 1 aromatic heterocycles. The molecule has 4 nitrogen and oxygen atoms in total. The van der Waals surface area contributed by atoms with Gasteiger partial charge in [-0.2, -0.15) is 18.2 Å². The zero-order valence-electron chi connectivity index (χ0n) is 14.4. The number of benzene rings is 3. The summed E-state index contributed by atoms with van der Waals surface area (Å²) in [5.74, 6) is 1.04. The summed E-state index contributed by atoms with van der Waals surface area (Å²) in [6, 6.07) is 19.9. The molecule has 0 aliphatic heterocycles. The van der Waals surface area contributed by atoms with E-state index in [1.807, 2.05) is 42.5 Å². The molecule has 0 aliphatic carbocycles. The van der Waals surface area contributed by atoms with Crippen LogP contribution in [0.3, 0.4) is 0 Å². The normalized spacial score (nSPS) is 11.4. The second-order valence-corrected chi connectivity index (χ2v) is 6.00. The molecule has 0 bridgehead atoms. The van der Waals surface area contributed by atoms with E-state index in [0.29, 0.717) is 5.75 Å². The van der Waals surface area contributed by atoms with E-state index in [2.05, 4.69) is 15.3 Å². The van der Waals surface area contributed by atoms with Gasteiger partial charge >= 0.3 is 6.18 Å². The number of nitrogens with zero attached hydrogens (tertiary/aromatic N) is 2. The highest BCUT2D eigenvalue weighted by Crippen LogP contribution is 2.32. The van der Waals surface area contributed by atoms with E-state index in [4.69, 9.17) is 4.74 Å². The summed E-state index contributed by atoms with van der Waals surface area (Å²) in [7, 11) is 0. The van der Waals surface area contributed by atoms with Crippen LogP contribution in [-0.4, -0.2) is 9.97 Å². The average molecular weight is 381 g/mol. The quantitative estimate of drug-likeness (QED) is 0.458. The van der Waals surface area contributed by atoms with E-state index in [9.17, 15) is 13.2 Å². The molecule has 28 heavy (non-hydrogen) atoms. The maximum absolute atomic E-state index is 12.9. The Kier molecular flexibility index (Phi) is 4.57. The first-order valence-electron chi connectivity index (χ1n) is 8.42. The monoisotopic (exact) mass is 381 g/mol. The number of aromatic nitrogens is 2. The Labute approximate surface area is 158 Å². The number of nitrogens with one attached hydrogen (secondary N) is 1. The van der Waals surface area contributed by atoms with E-state index < -0.39 is 11.7 Å². The van der Waals surface area contributed by atoms with Gasteiger partial charge in [-0.25, -0.2) is 4.98 Å². The third kappa shape index (κ3) is 3.88. The number of anilines is 2. The van der Waals surface area contributed by atoms with Gasteiger partial charge in [-0.3, -0.25) is 0 Å². The minimum Gasteiger partial charge on any atom is -0.438 e. The zero-order valence-corrected chi connectivity index (χ0v) is 14.4. The van der Waals surface area contributed by atoms with Gasteiger partial charge in [0.25, 0.3) is 0 Å². The molecule has 4 rings (SSSR count). The van der Waals surface area contributed by atoms with Gasteiger partial charge in [-0.15, -0.1) is 0 Å². The Hall–Kier alpha value is -3.61. The van der Waals surface area contributed by atoms with Crippen LogP contribution in [0.5, 0.6) is 11.6 Å². The first-order chi connectivity index (χ1) is 13.5. The van der Waals surface area contributed by atoms with Gasteiger partial charge in [0.1, 0.15) is 5.75 Å². The molecule has 0 radical (unpaired) electrons. The maximum atomic E-state index is 12.9. The highest BCUT2D eigenvalue weighted by molar-refractivity contribution is 5.88. The number of alkyl halides is 3. The molecular weight excluding hydrogens is 367 g/mol. The van der Waals surface area contributed by atoms with Crippen LogP contribution in [0.4, 0.5) is 24.8 Å². The van der Waals surface area contributed by atoms with Gasteiger partial charge in [0.15, 0.2) is 0 Å². The predicted molar refractivity (Wildman–Crippen MR) is 101 cm³/mol. The number of hydrogen-bond donors (Lipinski definition) is 1. The molecule has 1 heterocycles. The third-order valence-corrected chi connectivity index (χ3v) is 4.04. The number of hydrogen-bond acceptors (Lipinski definition) is 4. The van der Waals surface area contributed by atoms with E-state index in [0.717, 1.165) is 22.9 Å². The first kappa shape index (κ1) is 17.8. The smallest absolute Gasteiger partial charge is 0.416 e. The van der Waals surface area contributed by atoms with Gasteiger partial charge in [-0.05, 0) is 29.7 Å². The van der Waals surface area contributed by atoms with Crippen LogP contribution < -0.4 is 10.1 Å². The fourth-order valence-electron chi connectivity index (χ4n) is 2.76. The van der Waals surface area contributed by atoms with E-state index in [1.54, 1.807) is 6.07 Å². The lowest BCUT2D eigenvalue weighted by atomic mass is 10.1. The van der Waals surface area contributed by atoms with Crippen molar-refractivity contribution in [2.45, 2.75) is 6.18 Å². The van der Waals surface area contributed by atoms with Crippen LogP contribution in [0.1, 0.15) is 5.56 Å². The predicted octanol–water partition coefficient (Wildman–Crippen LogP) is 6.18. The fourth-order valence-corrected chi connectivity index (χ4v) is 2.76. The summed E-state index contributed by atoms with van der Waals surface area (Å²) in [6.45, 7) is 0. The van der Waals surface area contributed by atoms with Crippen molar-refractivity contribution < 1.29 is 17.9 Å². The van der Waals surface area contributed by atoms with E-state index in [-0.39, 0.29) is 17.5 Å². The summed E-state index contributed by atoms with van der Waals surface area (Å²) in [6.07, 6.45) is -2.94. The number of ether oxygens (including phenoxy) is 1. The molecule has 0 saturated heterocycles. The maximum Gasteiger partial charge on any atom is 0.416 e. The summed E-state index contributed by atoms with van der Waals surface area (Å²) in [5, 5.41) is 4.73. The highest BCUT2D eigenvalue weighted by atomic mass is 19.4. The number of fused-ring (bicyclic) bond motifs is 1. The molecule has 140 valence electrons. The average Bonchev–Trinajstić information content (AvgIpc) is 2.68. The summed E-state index contributed by atoms with van der Waals surface area (Å²) < 4.78 is 44.5. The SMILES string of the molecule is FC(F)(F)c1cccc(Nc2nccc(Oc3cccc4ccccc34)n2)c1. The molecular formula is C21H14F3N3O. The zero-order chi connectivity index (χ0) is 19.6. The van der Waals surface area contributed by atoms with Gasteiger partial charge < -0.3 is 10.1 Å². The molecule has 0 spiro atoms. The van der Waals surface area contributed by atoms with Crippen LogP contribution in [0.15, 0.2) is 79.0 Å². The first-order valence-corrected chi connectivity index (χ1v) is 8.42. The van der Waals surface area contributed by atoms with Crippen LogP contribution in [0.25, 0.3) is 10.8 Å². The Morgan fingerprint density at radius 3 is 2.50 bits per heavy atom. The topological polar surface area (TPSA) is 47.0 Å². The number of rotatable bonds is 4. The second-order valence-electron chi connectivity index (χ2n) is 6.00. The van der Waals surface area contributed by atoms with E-state index >= 15 is 0 Å². The molecule has 0 amide bonds. The summed E-state index contributed by atoms with van der Waals surface area (Å²) in [4.78, 5) is 8.28. The van der Waals surface area contributed by atoms with Gasteiger partial charge in [0.2, 0.25) is 11.8 Å². The van der Waals surface area contributed by atoms with Crippen LogP contribution >= 0.6 is 0 Å². The third-order valence-electron chi connectivity index (χ3n) is 4.04. The molecule has 7 heteroatoms. The Balaban J connectivity index is 1.58. The highest BCUT2D eigenvalue weighted by Gasteiger charge is 2.30. The summed E-state index contributed by atoms with van der Waals surface area (Å²) >= 11 is 0. The van der Waals surface area contributed by atoms with Crippen molar-refractivity contribution in [2.75, 3.05) is 5.32 Å². The standard InChI is InChI=1S/C21H14F3N3O/c22-21(23,24)15-7-4-8-16(13-15)26-20-25-12-11-19(27-20)28-18-10-3-6-14-5-1-2-9-17(14)18/h1-13H,(H,25,26,27). The van der Waals surface area contributed by atoms with Crippen molar-refractivity contribution >= 4 is 22.4 Å². The lowest BCUT2D eigenvalue weighted by Crippen LogP contribution is -2.05. The second kappa shape index (κ2) is 7.19. The molecule has 0 aliphatic rings. The minimum atomic E-state index is -4.42. The van der Waals surface area contributed by atoms with Crippen molar-refractivity contribution in [3.63, 3.8) is 0 Å². The molecule has 0 saturated carbocycles. The van der Waals surface area contributed by atoms with E-state index in [1.165, 1.54) is 18.3 Å². The van der Waals surface area contributed by atoms with Gasteiger partial charge in [-0.1, -0.05) is 42.5 Å². The fraction of sp³-hybridized carbons (Fsp3) is 0.0476.